The molecule has 3 fully saturated rings. The maximum atomic E-state index is 7.30. The second-order valence-corrected chi connectivity index (χ2v) is 24.2. The van der Waals surface area contributed by atoms with Crippen LogP contribution in [0, 0.1) is 0 Å². The van der Waals surface area contributed by atoms with Gasteiger partial charge in [0, 0.05) is 80.4 Å². The average Bonchev–Trinajstić information content (AvgIpc) is 3.21. The lowest BCUT2D eigenvalue weighted by atomic mass is 10.1. The van der Waals surface area contributed by atoms with Crippen LogP contribution in [0.5, 0.6) is 0 Å². The Balaban J connectivity index is 0.811. The van der Waals surface area contributed by atoms with Gasteiger partial charge in [-0.1, -0.05) is 81.4 Å². The van der Waals surface area contributed by atoms with Crippen molar-refractivity contribution in [2.75, 3.05) is 68.9 Å². The Morgan fingerprint density at radius 2 is 1.02 bits per heavy atom. The quantitative estimate of drug-likeness (QED) is 0.255. The molecule has 6 atom stereocenters. The van der Waals surface area contributed by atoms with Crippen molar-refractivity contribution in [3.05, 3.63) is 60.7 Å². The second kappa shape index (κ2) is 17.9. The van der Waals surface area contributed by atoms with Gasteiger partial charge in [-0.2, -0.15) is 23.5 Å². The van der Waals surface area contributed by atoms with Gasteiger partial charge in [0.2, 0.25) is 0 Å². The van der Waals surface area contributed by atoms with Gasteiger partial charge in [0.05, 0.1) is 24.7 Å². The van der Waals surface area contributed by atoms with Crippen LogP contribution in [0.15, 0.2) is 75.6 Å². The number of rotatable bonds is 13. The molecular formula is C43H65N9OS2Si. The summed E-state index contributed by atoms with van der Waals surface area (Å²) in [7, 11) is -2.59. The number of thioether (sulfide) groups is 2. The number of nitrogens with zero attached hydrogens (tertiary/aromatic N) is 6. The molecule has 6 aliphatic rings. The number of fused-ring (bicyclic) bond motifs is 3. The van der Waals surface area contributed by atoms with Crippen molar-refractivity contribution in [2.24, 2.45) is 15.0 Å². The maximum Gasteiger partial charge on any atom is 0.261 e. The molecule has 0 amide bonds. The first-order chi connectivity index (χ1) is 27.2. The molecule has 8 rings (SSSR count). The zero-order valence-corrected chi connectivity index (χ0v) is 36.8. The van der Waals surface area contributed by atoms with Crippen LogP contribution >= 0.6 is 23.5 Å². The van der Waals surface area contributed by atoms with Gasteiger partial charge in [-0.3, -0.25) is 0 Å². The summed E-state index contributed by atoms with van der Waals surface area (Å²) in [5.74, 6) is 7.75. The van der Waals surface area contributed by atoms with Crippen molar-refractivity contribution in [3.8, 4) is 0 Å². The fourth-order valence-electron chi connectivity index (χ4n) is 9.29. The molecular weight excluding hydrogens is 751 g/mol. The standard InChI is InChI=1S/C43H65N9OS2Si/c1-32-15-21-50-23-17-34(46-40(50)44-32)28-54-30-36-19-25-52-26-20-37(49-42(52)48-36)31-55-29-35-18-24-51-22-16-33(45-41(51)47-35)27-53-56(43(2,3)4,38-11-7-5-8-12-38)39-13-9-6-10-14-39/h5-14,32-37H,15-31H2,1-4H3,(H,44,46)(H,45,47)(H,48,49)/t32-,33-,34-,35-,36-,37-/m1/s1. The third-order valence-electron chi connectivity index (χ3n) is 12.5. The Bertz CT molecular complexity index is 1650. The van der Waals surface area contributed by atoms with Crippen LogP contribution in [0.3, 0.4) is 0 Å². The molecule has 10 nitrogen and oxygen atoms in total. The Kier molecular flexibility index (Phi) is 12.8. The van der Waals surface area contributed by atoms with Crippen LogP contribution in [-0.2, 0) is 4.43 Å². The summed E-state index contributed by atoms with van der Waals surface area (Å²) >= 11 is 4.13. The Hall–Kier alpha value is -2.87. The van der Waals surface area contributed by atoms with Crippen molar-refractivity contribution >= 4 is 60.1 Å². The Labute approximate surface area is 345 Å². The molecule has 0 saturated carbocycles. The van der Waals surface area contributed by atoms with Gasteiger partial charge in [-0.25, -0.2) is 15.0 Å². The molecule has 56 heavy (non-hydrogen) atoms. The minimum absolute atomic E-state index is 0.0379. The predicted molar refractivity (Wildman–Crippen MR) is 241 cm³/mol. The normalized spacial score (nSPS) is 28.0. The number of hydrogen-bond acceptors (Lipinski definition) is 12. The van der Waals surface area contributed by atoms with Gasteiger partial charge in [-0.05, 0) is 60.9 Å². The summed E-state index contributed by atoms with van der Waals surface area (Å²) in [5.41, 5.74) is 0. The first-order valence-corrected chi connectivity index (χ1v) is 25.6. The van der Waals surface area contributed by atoms with E-state index < -0.39 is 8.32 Å². The van der Waals surface area contributed by atoms with Crippen molar-refractivity contribution < 1.29 is 4.43 Å². The van der Waals surface area contributed by atoms with Crippen LogP contribution in [-0.4, -0.2) is 146 Å². The highest BCUT2D eigenvalue weighted by molar-refractivity contribution is 7.99. The zero-order valence-electron chi connectivity index (χ0n) is 34.2. The minimum Gasteiger partial charge on any atom is -0.405 e. The van der Waals surface area contributed by atoms with Crippen molar-refractivity contribution in [1.29, 1.82) is 0 Å². The lowest BCUT2D eigenvalue weighted by molar-refractivity contribution is 0.233. The molecule has 0 aliphatic carbocycles. The van der Waals surface area contributed by atoms with Gasteiger partial charge in [-0.15, -0.1) is 0 Å². The topological polar surface area (TPSA) is 92.1 Å². The molecule has 0 spiro atoms. The van der Waals surface area contributed by atoms with Gasteiger partial charge >= 0.3 is 0 Å². The van der Waals surface area contributed by atoms with E-state index in [1.165, 1.54) is 29.6 Å². The van der Waals surface area contributed by atoms with Crippen molar-refractivity contribution in [2.45, 2.75) is 108 Å². The SMILES string of the molecule is C[C@@H]1CCN2CC[C@H](CSC[C@H]3CCN4CC[C@H](CSC[C@H]5CCN6CC[C@H](CO[Si](c7ccccc7)(c7ccccc7)C(C)(C)C)N=C6N5)N=C4N3)N=C2N1. The second-order valence-electron chi connectivity index (χ2n) is 17.8. The monoisotopic (exact) mass is 815 g/mol. The highest BCUT2D eigenvalue weighted by Gasteiger charge is 2.50. The third-order valence-corrected chi connectivity index (χ3v) is 20.1. The smallest absolute Gasteiger partial charge is 0.261 e. The number of nitrogens with one attached hydrogen (secondary N) is 3. The molecule has 6 aliphatic heterocycles. The number of hydrogen-bond donors (Lipinski definition) is 3. The fraction of sp³-hybridized carbons (Fsp3) is 0.651. The Morgan fingerprint density at radius 3 is 1.52 bits per heavy atom. The number of benzene rings is 2. The molecule has 0 unspecified atom stereocenters. The van der Waals surface area contributed by atoms with E-state index in [1.54, 1.807) is 0 Å². The van der Waals surface area contributed by atoms with Gasteiger partial charge < -0.3 is 35.1 Å². The first-order valence-electron chi connectivity index (χ1n) is 21.4. The fourth-order valence-corrected chi connectivity index (χ4v) is 16.3. The minimum atomic E-state index is -2.59. The molecule has 0 radical (unpaired) electrons. The van der Waals surface area contributed by atoms with E-state index >= 15 is 0 Å². The van der Waals surface area contributed by atoms with Crippen LogP contribution < -0.4 is 26.3 Å². The van der Waals surface area contributed by atoms with Gasteiger partial charge in [0.25, 0.3) is 8.32 Å². The molecule has 13 heteroatoms. The predicted octanol–water partition coefficient (Wildman–Crippen LogP) is 4.43. The van der Waals surface area contributed by atoms with Gasteiger partial charge in [0.15, 0.2) is 17.9 Å². The van der Waals surface area contributed by atoms with Crippen LogP contribution in [0.4, 0.5) is 0 Å². The lowest BCUT2D eigenvalue weighted by Crippen LogP contribution is -2.67. The summed E-state index contributed by atoms with van der Waals surface area (Å²) < 4.78 is 7.30. The van der Waals surface area contributed by atoms with Gasteiger partial charge in [0.1, 0.15) is 0 Å². The first kappa shape index (κ1) is 39.9. The van der Waals surface area contributed by atoms with E-state index in [0.717, 1.165) is 99.4 Å². The van der Waals surface area contributed by atoms with Crippen LogP contribution in [0.2, 0.25) is 5.04 Å². The molecule has 6 heterocycles. The molecule has 3 N–H and O–H groups in total. The van der Waals surface area contributed by atoms with E-state index in [2.05, 4.69) is 143 Å². The molecule has 2 aromatic carbocycles. The van der Waals surface area contributed by atoms with E-state index in [4.69, 9.17) is 19.4 Å². The Morgan fingerprint density at radius 1 is 0.589 bits per heavy atom. The van der Waals surface area contributed by atoms with Crippen LogP contribution in [0.25, 0.3) is 0 Å². The highest BCUT2D eigenvalue weighted by atomic mass is 32.2. The average molecular weight is 816 g/mol. The summed E-state index contributed by atoms with van der Waals surface area (Å²) in [6, 6.07) is 24.4. The van der Waals surface area contributed by atoms with E-state index in [9.17, 15) is 0 Å². The third kappa shape index (κ3) is 9.21. The van der Waals surface area contributed by atoms with E-state index in [1.807, 2.05) is 0 Å². The number of aliphatic imine (C=N–C) groups is 3. The largest absolute Gasteiger partial charge is 0.405 e. The number of guanidine groups is 3. The molecule has 2 aromatic rings. The molecule has 0 aromatic heterocycles. The summed E-state index contributed by atoms with van der Waals surface area (Å²) in [6.45, 7) is 16.6. The maximum absolute atomic E-state index is 7.30. The molecule has 0 bridgehead atoms. The van der Waals surface area contributed by atoms with Crippen molar-refractivity contribution in [3.63, 3.8) is 0 Å². The molecule has 3 saturated heterocycles. The summed E-state index contributed by atoms with van der Waals surface area (Å²) in [5, 5.41) is 13.9. The van der Waals surface area contributed by atoms with E-state index in [0.29, 0.717) is 36.8 Å². The molecule has 304 valence electrons. The highest BCUT2D eigenvalue weighted by Crippen LogP contribution is 2.37. The van der Waals surface area contributed by atoms with E-state index in [-0.39, 0.29) is 11.1 Å². The lowest BCUT2D eigenvalue weighted by Gasteiger charge is -2.44. The van der Waals surface area contributed by atoms with Crippen molar-refractivity contribution in [1.82, 2.24) is 30.7 Å². The summed E-state index contributed by atoms with van der Waals surface area (Å²) in [4.78, 5) is 23.0. The van der Waals surface area contributed by atoms with Crippen LogP contribution in [0.1, 0.15) is 66.2 Å². The zero-order chi connectivity index (χ0) is 38.5. The summed E-state index contributed by atoms with van der Waals surface area (Å²) in [6.07, 6.45) is 6.91.